The van der Waals surface area contributed by atoms with E-state index in [1.165, 1.54) is 0 Å². The van der Waals surface area contributed by atoms with Gasteiger partial charge in [0.25, 0.3) is 0 Å². The van der Waals surface area contributed by atoms with Gasteiger partial charge in [0.15, 0.2) is 0 Å². The Kier molecular flexibility index (Phi) is 6.46. The molecule has 142 valence electrons. The Morgan fingerprint density at radius 2 is 2.12 bits per heavy atom. The maximum Gasteiger partial charge on any atom is 0.317 e. The molecule has 0 saturated carbocycles. The van der Waals surface area contributed by atoms with E-state index in [-0.39, 0.29) is 12.1 Å². The predicted octanol–water partition coefficient (Wildman–Crippen LogP) is 2.38. The zero-order valence-electron chi connectivity index (χ0n) is 15.7. The highest BCUT2D eigenvalue weighted by Gasteiger charge is 2.16. The molecule has 1 aliphatic rings. The number of amides is 2. The Hall–Kier alpha value is -2.12. The van der Waals surface area contributed by atoms with Crippen molar-refractivity contribution in [3.05, 3.63) is 30.1 Å². The van der Waals surface area contributed by atoms with E-state index >= 15 is 0 Å². The first kappa shape index (κ1) is 18.7. The van der Waals surface area contributed by atoms with E-state index in [4.69, 9.17) is 4.74 Å². The summed E-state index contributed by atoms with van der Waals surface area (Å²) < 4.78 is 5.36. The van der Waals surface area contributed by atoms with Gasteiger partial charge in [0.05, 0.1) is 30.3 Å². The van der Waals surface area contributed by atoms with Crippen molar-refractivity contribution in [2.45, 2.75) is 25.8 Å². The van der Waals surface area contributed by atoms with Gasteiger partial charge >= 0.3 is 6.03 Å². The van der Waals surface area contributed by atoms with Crippen molar-refractivity contribution in [1.82, 2.24) is 25.1 Å². The summed E-state index contributed by atoms with van der Waals surface area (Å²) in [4.78, 5) is 24.4. The third-order valence-corrected chi connectivity index (χ3v) is 4.83. The molecule has 2 amide bonds. The minimum atomic E-state index is -0.161. The maximum atomic E-state index is 12.4. The van der Waals surface area contributed by atoms with Crippen molar-refractivity contribution < 1.29 is 9.53 Å². The number of nitrogens with zero attached hydrogens (tertiary/aromatic N) is 3. The molecule has 0 bridgehead atoms. The summed E-state index contributed by atoms with van der Waals surface area (Å²) in [5.41, 5.74) is 1.90. The number of imidazole rings is 1. The molecule has 1 atom stereocenters. The number of aromatic amines is 1. The topological polar surface area (TPSA) is 73.5 Å². The Morgan fingerprint density at radius 1 is 1.35 bits per heavy atom. The molecule has 1 saturated heterocycles. The van der Waals surface area contributed by atoms with Crippen LogP contribution in [0, 0.1) is 0 Å². The first-order chi connectivity index (χ1) is 12.6. The van der Waals surface area contributed by atoms with Crippen LogP contribution < -0.4 is 5.32 Å². The minimum absolute atomic E-state index is 0.0654. The van der Waals surface area contributed by atoms with E-state index in [1.54, 1.807) is 4.90 Å². The molecule has 7 nitrogen and oxygen atoms in total. The smallest absolute Gasteiger partial charge is 0.317 e. The Bertz CT molecular complexity index is 678. The zero-order valence-corrected chi connectivity index (χ0v) is 15.7. The fourth-order valence-corrected chi connectivity index (χ4v) is 3.15. The SMILES string of the molecule is C[C@H](NC(=O)N(C)CCCCN1CCOCC1)c1nc2ccccc2[nH]1. The molecule has 0 unspecified atom stereocenters. The van der Waals surface area contributed by atoms with Crippen LogP contribution in [0.5, 0.6) is 0 Å². The lowest BCUT2D eigenvalue weighted by atomic mass is 10.2. The standard InChI is InChI=1S/C19H29N5O2/c1-15(18-21-16-7-3-4-8-17(16)22-18)20-19(25)23(2)9-5-6-10-24-11-13-26-14-12-24/h3-4,7-8,15H,5-6,9-14H2,1-2H3,(H,20,25)(H,21,22)/t15-/m0/s1. The van der Waals surface area contributed by atoms with Gasteiger partial charge in [-0.2, -0.15) is 0 Å². The molecule has 26 heavy (non-hydrogen) atoms. The van der Waals surface area contributed by atoms with E-state index in [0.29, 0.717) is 0 Å². The summed E-state index contributed by atoms with van der Waals surface area (Å²) in [7, 11) is 1.84. The molecule has 0 radical (unpaired) electrons. The van der Waals surface area contributed by atoms with E-state index in [2.05, 4.69) is 20.2 Å². The van der Waals surface area contributed by atoms with Crippen LogP contribution in [-0.2, 0) is 4.74 Å². The van der Waals surface area contributed by atoms with Crippen molar-refractivity contribution >= 4 is 17.1 Å². The van der Waals surface area contributed by atoms with Crippen molar-refractivity contribution in [1.29, 1.82) is 0 Å². The Balaban J connectivity index is 1.40. The number of benzene rings is 1. The number of carbonyl (C=O) groups is 1. The second kappa shape index (κ2) is 9.00. The van der Waals surface area contributed by atoms with Gasteiger partial charge in [-0.25, -0.2) is 9.78 Å². The number of rotatable bonds is 7. The molecule has 3 rings (SSSR count). The number of hydrogen-bond acceptors (Lipinski definition) is 4. The summed E-state index contributed by atoms with van der Waals surface area (Å²) in [6.45, 7) is 7.49. The fraction of sp³-hybridized carbons (Fsp3) is 0.579. The van der Waals surface area contributed by atoms with Gasteiger partial charge in [-0.05, 0) is 38.4 Å². The average molecular weight is 359 g/mol. The van der Waals surface area contributed by atoms with Crippen LogP contribution in [0.2, 0.25) is 0 Å². The van der Waals surface area contributed by atoms with Crippen LogP contribution in [0.1, 0.15) is 31.6 Å². The lowest BCUT2D eigenvalue weighted by Gasteiger charge is -2.27. The third-order valence-electron chi connectivity index (χ3n) is 4.83. The zero-order chi connectivity index (χ0) is 18.4. The third kappa shape index (κ3) is 4.95. The number of nitrogens with one attached hydrogen (secondary N) is 2. The number of urea groups is 1. The van der Waals surface area contributed by atoms with E-state index < -0.39 is 0 Å². The first-order valence-electron chi connectivity index (χ1n) is 9.40. The van der Waals surface area contributed by atoms with Crippen LogP contribution in [0.3, 0.4) is 0 Å². The molecule has 2 heterocycles. The quantitative estimate of drug-likeness (QED) is 0.745. The predicted molar refractivity (Wildman–Crippen MR) is 102 cm³/mol. The maximum absolute atomic E-state index is 12.4. The monoisotopic (exact) mass is 359 g/mol. The number of fused-ring (bicyclic) bond motifs is 1. The number of morpholine rings is 1. The Morgan fingerprint density at radius 3 is 2.88 bits per heavy atom. The summed E-state index contributed by atoms with van der Waals surface area (Å²) in [6, 6.07) is 7.65. The molecular weight excluding hydrogens is 330 g/mol. The average Bonchev–Trinajstić information content (AvgIpc) is 3.10. The number of para-hydroxylation sites is 2. The molecule has 2 aromatic rings. The fourth-order valence-electron chi connectivity index (χ4n) is 3.15. The van der Waals surface area contributed by atoms with Crippen molar-refractivity contribution in [2.24, 2.45) is 0 Å². The first-order valence-corrected chi connectivity index (χ1v) is 9.40. The van der Waals surface area contributed by atoms with E-state index in [0.717, 1.165) is 69.1 Å². The van der Waals surface area contributed by atoms with Crippen LogP contribution in [0.25, 0.3) is 11.0 Å². The highest BCUT2D eigenvalue weighted by Crippen LogP contribution is 2.15. The van der Waals surface area contributed by atoms with Crippen LogP contribution in [-0.4, -0.2) is 72.2 Å². The molecule has 1 aliphatic heterocycles. The summed E-state index contributed by atoms with van der Waals surface area (Å²) in [6.07, 6.45) is 2.09. The molecule has 1 fully saturated rings. The molecular formula is C19H29N5O2. The van der Waals surface area contributed by atoms with E-state index in [1.807, 2.05) is 38.2 Å². The van der Waals surface area contributed by atoms with Gasteiger partial charge in [-0.1, -0.05) is 12.1 Å². The van der Waals surface area contributed by atoms with Gasteiger partial charge in [0, 0.05) is 26.7 Å². The second-order valence-electron chi connectivity index (χ2n) is 6.89. The molecule has 7 heteroatoms. The lowest BCUT2D eigenvalue weighted by Crippen LogP contribution is -2.40. The number of ether oxygens (including phenoxy) is 1. The van der Waals surface area contributed by atoms with Crippen LogP contribution >= 0.6 is 0 Å². The highest BCUT2D eigenvalue weighted by molar-refractivity contribution is 5.76. The minimum Gasteiger partial charge on any atom is -0.379 e. The molecule has 0 spiro atoms. The summed E-state index contributed by atoms with van der Waals surface area (Å²) in [5, 5.41) is 3.01. The summed E-state index contributed by atoms with van der Waals surface area (Å²) >= 11 is 0. The molecule has 0 aliphatic carbocycles. The molecule has 1 aromatic carbocycles. The largest absolute Gasteiger partial charge is 0.379 e. The molecule has 2 N–H and O–H groups in total. The van der Waals surface area contributed by atoms with Gasteiger partial charge < -0.3 is 19.9 Å². The normalized spacial score (nSPS) is 16.5. The van der Waals surface area contributed by atoms with Crippen molar-refractivity contribution in [2.75, 3.05) is 46.4 Å². The van der Waals surface area contributed by atoms with Gasteiger partial charge in [-0.3, -0.25) is 4.90 Å². The number of H-pyrrole nitrogens is 1. The van der Waals surface area contributed by atoms with Crippen molar-refractivity contribution in [3.8, 4) is 0 Å². The number of carbonyl (C=O) groups excluding carboxylic acids is 1. The van der Waals surface area contributed by atoms with Crippen LogP contribution in [0.4, 0.5) is 4.79 Å². The van der Waals surface area contributed by atoms with Gasteiger partial charge in [0.1, 0.15) is 5.82 Å². The number of aromatic nitrogens is 2. The number of hydrogen-bond donors (Lipinski definition) is 2. The number of unbranched alkanes of at least 4 members (excludes halogenated alkanes) is 1. The van der Waals surface area contributed by atoms with E-state index in [9.17, 15) is 4.79 Å². The van der Waals surface area contributed by atoms with Crippen molar-refractivity contribution in [3.63, 3.8) is 0 Å². The van der Waals surface area contributed by atoms with Gasteiger partial charge in [-0.15, -0.1) is 0 Å². The highest BCUT2D eigenvalue weighted by atomic mass is 16.5. The summed E-state index contributed by atoms with van der Waals surface area (Å²) in [5.74, 6) is 0.778. The second-order valence-corrected chi connectivity index (χ2v) is 6.89. The molecule has 1 aromatic heterocycles. The Labute approximate surface area is 154 Å². The van der Waals surface area contributed by atoms with Crippen LogP contribution in [0.15, 0.2) is 24.3 Å². The lowest BCUT2D eigenvalue weighted by molar-refractivity contribution is 0.0370. The van der Waals surface area contributed by atoms with Gasteiger partial charge in [0.2, 0.25) is 0 Å².